The van der Waals surface area contributed by atoms with Gasteiger partial charge in [-0.3, -0.25) is 10.1 Å². The van der Waals surface area contributed by atoms with Gasteiger partial charge in [0.15, 0.2) is 0 Å². The largest absolute Gasteiger partial charge is 0.444 e. The SMILES string of the molecule is CC(c1c(-c2cccc([N+](=O)[O-])c2F)nc(C2CC2)n1C)N(C)C(=O)OC(C)(C)C. The van der Waals surface area contributed by atoms with E-state index in [9.17, 15) is 19.3 Å². The van der Waals surface area contributed by atoms with Gasteiger partial charge in [0.05, 0.1) is 22.4 Å². The van der Waals surface area contributed by atoms with Crippen LogP contribution in [0.15, 0.2) is 18.2 Å². The molecule has 1 amide bonds. The van der Waals surface area contributed by atoms with E-state index in [4.69, 9.17) is 4.74 Å². The normalized spacial score (nSPS) is 15.0. The fraction of sp³-hybridized carbons (Fsp3) is 0.524. The molecule has 162 valence electrons. The Morgan fingerprint density at radius 3 is 2.57 bits per heavy atom. The van der Waals surface area contributed by atoms with Crippen LogP contribution in [0.4, 0.5) is 14.9 Å². The Morgan fingerprint density at radius 1 is 1.40 bits per heavy atom. The number of nitro benzene ring substituents is 1. The maximum absolute atomic E-state index is 15.0. The summed E-state index contributed by atoms with van der Waals surface area (Å²) in [6.07, 6.45) is 1.45. The molecule has 1 aliphatic rings. The number of imidazole rings is 1. The van der Waals surface area contributed by atoms with Crippen LogP contribution in [0.1, 0.15) is 64.0 Å². The molecule has 1 aromatic carbocycles. The molecule has 1 aromatic heterocycles. The Hall–Kier alpha value is -2.97. The fourth-order valence-electron chi connectivity index (χ4n) is 3.43. The Morgan fingerprint density at radius 2 is 2.03 bits per heavy atom. The number of halogens is 1. The zero-order valence-electron chi connectivity index (χ0n) is 18.1. The van der Waals surface area contributed by atoms with E-state index in [1.165, 1.54) is 17.0 Å². The average Bonchev–Trinajstić information content (AvgIpc) is 3.42. The average molecular weight is 418 g/mol. The van der Waals surface area contributed by atoms with E-state index >= 15 is 0 Å². The second-order valence-electron chi connectivity index (χ2n) is 8.70. The van der Waals surface area contributed by atoms with Crippen molar-refractivity contribution in [3.05, 3.63) is 45.6 Å². The number of carbonyl (C=O) groups is 1. The van der Waals surface area contributed by atoms with Gasteiger partial charge in [-0.2, -0.15) is 4.39 Å². The third kappa shape index (κ3) is 4.15. The molecule has 1 fully saturated rings. The molecule has 0 bridgehead atoms. The molecule has 3 rings (SSSR count). The van der Waals surface area contributed by atoms with Crippen LogP contribution in [0.5, 0.6) is 0 Å². The van der Waals surface area contributed by atoms with Gasteiger partial charge >= 0.3 is 11.8 Å². The first-order chi connectivity index (χ1) is 13.9. The van der Waals surface area contributed by atoms with E-state index in [2.05, 4.69) is 4.98 Å². The Kier molecular flexibility index (Phi) is 5.58. The van der Waals surface area contributed by atoms with Crippen molar-refractivity contribution < 1.29 is 18.8 Å². The number of amides is 1. The summed E-state index contributed by atoms with van der Waals surface area (Å²) in [5.74, 6) is 0.120. The topological polar surface area (TPSA) is 90.5 Å². The molecule has 0 spiro atoms. The van der Waals surface area contributed by atoms with Gasteiger partial charge in [0, 0.05) is 31.6 Å². The van der Waals surface area contributed by atoms with Crippen molar-refractivity contribution in [2.24, 2.45) is 7.05 Å². The molecule has 0 saturated heterocycles. The van der Waals surface area contributed by atoms with Crippen LogP contribution in [0, 0.1) is 15.9 Å². The molecule has 9 heteroatoms. The third-order valence-corrected chi connectivity index (χ3v) is 5.20. The van der Waals surface area contributed by atoms with E-state index in [1.54, 1.807) is 34.7 Å². The van der Waals surface area contributed by atoms with Crippen LogP contribution >= 0.6 is 0 Å². The van der Waals surface area contributed by atoms with Crippen LogP contribution in [0.2, 0.25) is 0 Å². The summed E-state index contributed by atoms with van der Waals surface area (Å²) in [4.78, 5) is 29.2. The molecule has 2 aromatic rings. The molecule has 1 unspecified atom stereocenters. The third-order valence-electron chi connectivity index (χ3n) is 5.20. The van der Waals surface area contributed by atoms with Crippen molar-refractivity contribution in [3.8, 4) is 11.3 Å². The van der Waals surface area contributed by atoms with Crippen LogP contribution in [-0.4, -0.2) is 38.1 Å². The van der Waals surface area contributed by atoms with Crippen LogP contribution in [0.25, 0.3) is 11.3 Å². The number of hydrogen-bond acceptors (Lipinski definition) is 5. The minimum Gasteiger partial charge on any atom is -0.444 e. The lowest BCUT2D eigenvalue weighted by molar-refractivity contribution is -0.387. The van der Waals surface area contributed by atoms with Gasteiger partial charge in [0.25, 0.3) is 0 Å². The van der Waals surface area contributed by atoms with Gasteiger partial charge in [0.1, 0.15) is 11.4 Å². The van der Waals surface area contributed by atoms with Gasteiger partial charge in [-0.25, -0.2) is 9.78 Å². The Balaban J connectivity index is 2.10. The fourth-order valence-corrected chi connectivity index (χ4v) is 3.43. The van der Waals surface area contributed by atoms with Crippen LogP contribution in [0.3, 0.4) is 0 Å². The molecule has 1 saturated carbocycles. The van der Waals surface area contributed by atoms with E-state index in [0.29, 0.717) is 11.4 Å². The smallest absolute Gasteiger partial charge is 0.410 e. The summed E-state index contributed by atoms with van der Waals surface area (Å²) in [5.41, 5.74) is -0.310. The van der Waals surface area contributed by atoms with Gasteiger partial charge in [-0.15, -0.1) is 0 Å². The summed E-state index contributed by atoms with van der Waals surface area (Å²) in [7, 11) is 3.43. The number of benzene rings is 1. The van der Waals surface area contributed by atoms with Crippen molar-refractivity contribution in [2.75, 3.05) is 7.05 Å². The maximum atomic E-state index is 15.0. The minimum absolute atomic E-state index is 0.0474. The predicted molar refractivity (Wildman–Crippen MR) is 110 cm³/mol. The van der Waals surface area contributed by atoms with Crippen LogP contribution < -0.4 is 0 Å². The number of nitro groups is 1. The number of carbonyl (C=O) groups excluding carboxylic acids is 1. The van der Waals surface area contributed by atoms with E-state index in [-0.39, 0.29) is 11.5 Å². The lowest BCUT2D eigenvalue weighted by atomic mass is 10.0. The number of rotatable bonds is 5. The second kappa shape index (κ2) is 7.70. The van der Waals surface area contributed by atoms with E-state index < -0.39 is 34.2 Å². The summed E-state index contributed by atoms with van der Waals surface area (Å²) < 4.78 is 22.3. The highest BCUT2D eigenvalue weighted by molar-refractivity contribution is 5.71. The van der Waals surface area contributed by atoms with Crippen molar-refractivity contribution >= 4 is 11.8 Å². The monoisotopic (exact) mass is 418 g/mol. The molecule has 1 atom stereocenters. The van der Waals surface area contributed by atoms with Crippen LogP contribution in [-0.2, 0) is 11.8 Å². The van der Waals surface area contributed by atoms with Crippen molar-refractivity contribution in [2.45, 2.75) is 58.1 Å². The maximum Gasteiger partial charge on any atom is 0.410 e. The Labute approximate surface area is 174 Å². The molecule has 8 nitrogen and oxygen atoms in total. The van der Waals surface area contributed by atoms with Gasteiger partial charge in [0.2, 0.25) is 5.82 Å². The lowest BCUT2D eigenvalue weighted by Crippen LogP contribution is -2.36. The highest BCUT2D eigenvalue weighted by Gasteiger charge is 2.35. The number of nitrogens with zero attached hydrogens (tertiary/aromatic N) is 4. The number of hydrogen-bond donors (Lipinski definition) is 0. The second-order valence-corrected chi connectivity index (χ2v) is 8.70. The van der Waals surface area contributed by atoms with Crippen molar-refractivity contribution in [1.82, 2.24) is 14.5 Å². The molecular formula is C21H27FN4O4. The first kappa shape index (κ1) is 21.7. The Bertz CT molecular complexity index is 992. The summed E-state index contributed by atoms with van der Waals surface area (Å²) in [5, 5.41) is 11.2. The molecule has 0 N–H and O–H groups in total. The van der Waals surface area contributed by atoms with Gasteiger partial charge in [-0.1, -0.05) is 6.07 Å². The van der Waals surface area contributed by atoms with E-state index in [0.717, 1.165) is 24.7 Å². The standard InChI is InChI=1S/C21H27FN4O4/c1-12(24(5)20(27)30-21(2,3)4)18-17(23-19(25(18)6)13-10-11-13)14-8-7-9-15(16(14)22)26(28)29/h7-9,12-13H,10-11H2,1-6H3. The molecular weight excluding hydrogens is 391 g/mol. The van der Waals surface area contributed by atoms with Crippen molar-refractivity contribution in [3.63, 3.8) is 0 Å². The zero-order valence-corrected chi connectivity index (χ0v) is 18.1. The van der Waals surface area contributed by atoms with Crippen molar-refractivity contribution in [1.29, 1.82) is 0 Å². The van der Waals surface area contributed by atoms with Gasteiger partial charge in [-0.05, 0) is 46.6 Å². The zero-order chi connectivity index (χ0) is 22.4. The van der Waals surface area contributed by atoms with E-state index in [1.807, 2.05) is 11.6 Å². The summed E-state index contributed by atoms with van der Waals surface area (Å²) >= 11 is 0. The number of aromatic nitrogens is 2. The summed E-state index contributed by atoms with van der Waals surface area (Å²) in [6.45, 7) is 7.14. The highest BCUT2D eigenvalue weighted by Crippen LogP contribution is 2.43. The molecule has 0 radical (unpaired) electrons. The van der Waals surface area contributed by atoms with Gasteiger partial charge < -0.3 is 14.2 Å². The first-order valence-corrected chi connectivity index (χ1v) is 9.88. The summed E-state index contributed by atoms with van der Waals surface area (Å²) in [6, 6.07) is 3.54. The molecule has 30 heavy (non-hydrogen) atoms. The minimum atomic E-state index is -0.934. The number of ether oxygens (including phenoxy) is 1. The highest BCUT2D eigenvalue weighted by atomic mass is 19.1. The molecule has 1 aliphatic carbocycles. The predicted octanol–water partition coefficient (Wildman–Crippen LogP) is 4.94. The lowest BCUT2D eigenvalue weighted by Gasteiger charge is -2.29. The first-order valence-electron chi connectivity index (χ1n) is 9.88. The quantitative estimate of drug-likeness (QED) is 0.507. The molecule has 0 aliphatic heterocycles. The molecule has 1 heterocycles.